The van der Waals surface area contributed by atoms with E-state index in [-0.39, 0.29) is 11.3 Å². The number of carbonyl (C=O) groups is 1. The Hall–Kier alpha value is -0.570. The van der Waals surface area contributed by atoms with Crippen LogP contribution in [0.2, 0.25) is 0 Å². The summed E-state index contributed by atoms with van der Waals surface area (Å²) in [6.45, 7) is 10.3. The zero-order chi connectivity index (χ0) is 13.5. The molecule has 0 aromatic heterocycles. The second kappa shape index (κ2) is 7.70. The van der Waals surface area contributed by atoms with Gasteiger partial charge in [-0.1, -0.05) is 34.1 Å². The van der Waals surface area contributed by atoms with Crippen LogP contribution >= 0.6 is 0 Å². The normalized spacial score (nSPS) is 13.5. The average molecular weight is 242 g/mol. The molecule has 3 heteroatoms. The van der Waals surface area contributed by atoms with Crippen molar-refractivity contribution in [3.63, 3.8) is 0 Å². The van der Waals surface area contributed by atoms with E-state index in [0.717, 1.165) is 32.4 Å². The first-order chi connectivity index (χ1) is 7.79. The number of rotatable bonds is 7. The highest BCUT2D eigenvalue weighted by Gasteiger charge is 2.23. The molecular formula is C14H30N2O. The molecule has 3 nitrogen and oxygen atoms in total. The van der Waals surface area contributed by atoms with Crippen LogP contribution in [0.25, 0.3) is 0 Å². The molecule has 1 unspecified atom stereocenters. The van der Waals surface area contributed by atoms with Crippen LogP contribution in [0.4, 0.5) is 0 Å². The molecule has 0 rings (SSSR count). The summed E-state index contributed by atoms with van der Waals surface area (Å²) < 4.78 is 0. The first kappa shape index (κ1) is 16.4. The third-order valence-electron chi connectivity index (χ3n) is 3.58. The van der Waals surface area contributed by atoms with Gasteiger partial charge in [0.1, 0.15) is 0 Å². The van der Waals surface area contributed by atoms with Crippen molar-refractivity contribution in [2.24, 2.45) is 17.1 Å². The van der Waals surface area contributed by atoms with Crippen molar-refractivity contribution in [2.45, 2.75) is 53.4 Å². The summed E-state index contributed by atoms with van der Waals surface area (Å²) in [7, 11) is 1.90. The first-order valence-electron chi connectivity index (χ1n) is 6.73. The number of nitrogens with zero attached hydrogens (tertiary/aromatic N) is 1. The summed E-state index contributed by atoms with van der Waals surface area (Å²) in [6, 6.07) is 0. The van der Waals surface area contributed by atoms with Gasteiger partial charge in [-0.2, -0.15) is 0 Å². The Morgan fingerprint density at radius 2 is 1.82 bits per heavy atom. The van der Waals surface area contributed by atoms with Crippen molar-refractivity contribution in [2.75, 3.05) is 20.1 Å². The number of hydrogen-bond donors (Lipinski definition) is 1. The molecule has 17 heavy (non-hydrogen) atoms. The van der Waals surface area contributed by atoms with Crippen LogP contribution < -0.4 is 5.73 Å². The lowest BCUT2D eigenvalue weighted by atomic mass is 9.80. The minimum atomic E-state index is 0.204. The molecule has 0 radical (unpaired) electrons. The maximum atomic E-state index is 12.0. The highest BCUT2D eigenvalue weighted by atomic mass is 16.2. The van der Waals surface area contributed by atoms with Gasteiger partial charge in [-0.3, -0.25) is 4.79 Å². The molecule has 0 fully saturated rings. The second-order valence-corrected chi connectivity index (χ2v) is 6.14. The Balaban J connectivity index is 3.89. The Bertz CT molecular complexity index is 221. The van der Waals surface area contributed by atoms with Gasteiger partial charge in [-0.25, -0.2) is 0 Å². The molecule has 2 N–H and O–H groups in total. The zero-order valence-electron chi connectivity index (χ0n) is 12.3. The number of nitrogens with two attached hydrogens (primary N) is 1. The minimum absolute atomic E-state index is 0.204. The summed E-state index contributed by atoms with van der Waals surface area (Å²) in [5, 5.41) is 0. The van der Waals surface area contributed by atoms with Crippen molar-refractivity contribution < 1.29 is 4.79 Å². The fourth-order valence-electron chi connectivity index (χ4n) is 1.52. The van der Waals surface area contributed by atoms with E-state index in [0.29, 0.717) is 12.3 Å². The largest absolute Gasteiger partial charge is 0.346 e. The van der Waals surface area contributed by atoms with Crippen molar-refractivity contribution >= 4 is 5.91 Å². The standard InChI is InChI=1S/C14H30N2O/c1-12(14(2,3)4)11-13(17)16(5)10-8-6-7-9-15/h12H,6-11,15H2,1-5H3. The number of hydrogen-bond acceptors (Lipinski definition) is 2. The summed E-state index contributed by atoms with van der Waals surface area (Å²) in [5.41, 5.74) is 5.64. The maximum absolute atomic E-state index is 12.0. The van der Waals surface area contributed by atoms with Crippen molar-refractivity contribution in [3.05, 3.63) is 0 Å². The lowest BCUT2D eigenvalue weighted by molar-refractivity contribution is -0.131. The van der Waals surface area contributed by atoms with Crippen molar-refractivity contribution in [1.29, 1.82) is 0 Å². The van der Waals surface area contributed by atoms with Gasteiger partial charge in [0, 0.05) is 20.0 Å². The molecule has 0 bridgehead atoms. The van der Waals surface area contributed by atoms with E-state index in [4.69, 9.17) is 5.73 Å². The highest BCUT2D eigenvalue weighted by molar-refractivity contribution is 5.76. The predicted molar refractivity (Wildman–Crippen MR) is 73.8 cm³/mol. The Labute approximate surface area is 107 Å². The molecule has 0 aliphatic heterocycles. The van der Waals surface area contributed by atoms with Crippen LogP contribution in [0.3, 0.4) is 0 Å². The molecule has 0 aliphatic carbocycles. The SMILES string of the molecule is CC(CC(=O)N(C)CCCCCN)C(C)(C)C. The second-order valence-electron chi connectivity index (χ2n) is 6.14. The molecule has 0 aromatic carbocycles. The quantitative estimate of drug-likeness (QED) is 0.698. The summed E-state index contributed by atoms with van der Waals surface area (Å²) in [4.78, 5) is 13.8. The van der Waals surface area contributed by atoms with E-state index in [9.17, 15) is 4.79 Å². The van der Waals surface area contributed by atoms with E-state index in [1.807, 2.05) is 11.9 Å². The molecule has 0 saturated heterocycles. The van der Waals surface area contributed by atoms with Gasteiger partial charge in [0.25, 0.3) is 0 Å². The number of amides is 1. The van der Waals surface area contributed by atoms with E-state index in [1.165, 1.54) is 0 Å². The third-order valence-corrected chi connectivity index (χ3v) is 3.58. The first-order valence-corrected chi connectivity index (χ1v) is 6.73. The van der Waals surface area contributed by atoms with Gasteiger partial charge in [0.2, 0.25) is 5.91 Å². The minimum Gasteiger partial charge on any atom is -0.346 e. The zero-order valence-corrected chi connectivity index (χ0v) is 12.3. The molecule has 1 atom stereocenters. The third kappa shape index (κ3) is 7.37. The van der Waals surface area contributed by atoms with Crippen LogP contribution in [-0.4, -0.2) is 30.9 Å². The number of carbonyl (C=O) groups excluding carboxylic acids is 1. The highest BCUT2D eigenvalue weighted by Crippen LogP contribution is 2.28. The lowest BCUT2D eigenvalue weighted by Gasteiger charge is -2.28. The Kier molecular flexibility index (Phi) is 7.44. The van der Waals surface area contributed by atoms with E-state index < -0.39 is 0 Å². The molecule has 0 heterocycles. The fraction of sp³-hybridized carbons (Fsp3) is 0.929. The van der Waals surface area contributed by atoms with Crippen LogP contribution in [-0.2, 0) is 4.79 Å². The monoisotopic (exact) mass is 242 g/mol. The molecule has 1 amide bonds. The smallest absolute Gasteiger partial charge is 0.222 e. The fourth-order valence-corrected chi connectivity index (χ4v) is 1.52. The van der Waals surface area contributed by atoms with Crippen LogP contribution in [0.1, 0.15) is 53.4 Å². The van der Waals surface area contributed by atoms with Crippen LogP contribution in [0, 0.1) is 11.3 Å². The van der Waals surface area contributed by atoms with Crippen LogP contribution in [0.5, 0.6) is 0 Å². The predicted octanol–water partition coefficient (Wildman–Crippen LogP) is 2.65. The molecule has 0 aliphatic rings. The average Bonchev–Trinajstić information content (AvgIpc) is 2.22. The Morgan fingerprint density at radius 1 is 1.24 bits per heavy atom. The molecular weight excluding hydrogens is 212 g/mol. The van der Waals surface area contributed by atoms with Gasteiger partial charge in [-0.15, -0.1) is 0 Å². The van der Waals surface area contributed by atoms with Crippen LogP contribution in [0.15, 0.2) is 0 Å². The lowest BCUT2D eigenvalue weighted by Crippen LogP contribution is -2.31. The maximum Gasteiger partial charge on any atom is 0.222 e. The van der Waals surface area contributed by atoms with Crippen molar-refractivity contribution in [3.8, 4) is 0 Å². The summed E-state index contributed by atoms with van der Waals surface area (Å²) >= 11 is 0. The topological polar surface area (TPSA) is 46.3 Å². The Morgan fingerprint density at radius 3 is 2.29 bits per heavy atom. The number of unbranched alkanes of at least 4 members (excludes halogenated alkanes) is 2. The van der Waals surface area contributed by atoms with E-state index in [2.05, 4.69) is 27.7 Å². The summed E-state index contributed by atoms with van der Waals surface area (Å²) in [5.74, 6) is 0.682. The van der Waals surface area contributed by atoms with Gasteiger partial charge < -0.3 is 10.6 Å². The summed E-state index contributed by atoms with van der Waals surface area (Å²) in [6.07, 6.45) is 3.88. The molecule has 0 saturated carbocycles. The van der Waals surface area contributed by atoms with Gasteiger partial charge in [0.15, 0.2) is 0 Å². The van der Waals surface area contributed by atoms with Gasteiger partial charge in [-0.05, 0) is 30.7 Å². The molecule has 102 valence electrons. The van der Waals surface area contributed by atoms with Gasteiger partial charge in [0.05, 0.1) is 0 Å². The van der Waals surface area contributed by atoms with E-state index >= 15 is 0 Å². The molecule has 0 spiro atoms. The van der Waals surface area contributed by atoms with Gasteiger partial charge >= 0.3 is 0 Å². The van der Waals surface area contributed by atoms with Crippen molar-refractivity contribution in [1.82, 2.24) is 4.90 Å². The van der Waals surface area contributed by atoms with E-state index in [1.54, 1.807) is 0 Å². The molecule has 0 aromatic rings.